The van der Waals surface area contributed by atoms with Crippen molar-refractivity contribution < 1.29 is 19.1 Å². The molecule has 0 N–H and O–H groups in total. The molecule has 27 heavy (non-hydrogen) atoms. The van der Waals surface area contributed by atoms with E-state index in [1.165, 1.54) is 6.92 Å². The Bertz CT molecular complexity index is 795. The van der Waals surface area contributed by atoms with Gasteiger partial charge < -0.3 is 14.4 Å². The second-order valence-corrected chi connectivity index (χ2v) is 6.78. The first-order chi connectivity index (χ1) is 12.8. The van der Waals surface area contributed by atoms with Crippen LogP contribution in [-0.2, 0) is 4.79 Å². The molecular formula is C22H27NO4. The van der Waals surface area contributed by atoms with E-state index in [1.807, 2.05) is 26.0 Å². The minimum atomic E-state index is -0.654. The molecule has 0 saturated carbocycles. The fraction of sp³-hybridized carbons (Fsp3) is 0.364. The summed E-state index contributed by atoms with van der Waals surface area (Å²) in [6.07, 6.45) is -0.654. The normalized spacial score (nSPS) is 11.6. The van der Waals surface area contributed by atoms with Crippen molar-refractivity contribution >= 4 is 11.7 Å². The highest BCUT2D eigenvalue weighted by Crippen LogP contribution is 2.17. The Labute approximate surface area is 160 Å². The van der Waals surface area contributed by atoms with Gasteiger partial charge in [-0.2, -0.15) is 0 Å². The van der Waals surface area contributed by atoms with Gasteiger partial charge in [0.25, 0.3) is 5.91 Å². The number of ether oxygens (including phenoxy) is 2. The number of hydrogen-bond donors (Lipinski definition) is 0. The van der Waals surface area contributed by atoms with Crippen molar-refractivity contribution in [2.75, 3.05) is 20.2 Å². The Kier molecular flexibility index (Phi) is 6.99. The molecule has 1 unspecified atom stereocenters. The van der Waals surface area contributed by atoms with Gasteiger partial charge >= 0.3 is 0 Å². The van der Waals surface area contributed by atoms with Gasteiger partial charge in [0, 0.05) is 12.6 Å². The first-order valence-electron chi connectivity index (χ1n) is 9.00. The van der Waals surface area contributed by atoms with Crippen LogP contribution in [0.15, 0.2) is 42.5 Å². The van der Waals surface area contributed by atoms with Crippen LogP contribution >= 0.6 is 0 Å². The summed E-state index contributed by atoms with van der Waals surface area (Å²) < 4.78 is 11.5. The number of amides is 1. The van der Waals surface area contributed by atoms with Gasteiger partial charge in [-0.25, -0.2) is 0 Å². The summed E-state index contributed by atoms with van der Waals surface area (Å²) in [6, 6.07) is 12.9. The zero-order valence-corrected chi connectivity index (χ0v) is 16.6. The number of likely N-dealkylation sites (N-methyl/N-ethyl adjacent to an activating group) is 1. The lowest BCUT2D eigenvalue weighted by atomic mass is 10.1. The van der Waals surface area contributed by atoms with Crippen LogP contribution in [0.25, 0.3) is 0 Å². The average molecular weight is 369 g/mol. The molecule has 5 heteroatoms. The molecule has 0 aliphatic heterocycles. The number of benzene rings is 2. The van der Waals surface area contributed by atoms with Crippen LogP contribution in [0.1, 0.15) is 35.3 Å². The summed E-state index contributed by atoms with van der Waals surface area (Å²) in [4.78, 5) is 25.5. The summed E-state index contributed by atoms with van der Waals surface area (Å²) in [5.74, 6) is 1.12. The predicted molar refractivity (Wildman–Crippen MR) is 106 cm³/mol. The fourth-order valence-corrected chi connectivity index (χ4v) is 2.78. The van der Waals surface area contributed by atoms with E-state index in [1.54, 1.807) is 43.1 Å². The summed E-state index contributed by atoms with van der Waals surface area (Å²) in [7, 11) is 1.72. The molecular weight excluding hydrogens is 342 g/mol. The third kappa shape index (κ3) is 6.13. The SMILES string of the molecule is CC(=O)c1cccc(OC(C)C(=O)N(C)CCOc2cc(C)cc(C)c2)c1. The van der Waals surface area contributed by atoms with E-state index in [0.29, 0.717) is 24.5 Å². The van der Waals surface area contributed by atoms with E-state index in [2.05, 4.69) is 6.07 Å². The topological polar surface area (TPSA) is 55.8 Å². The van der Waals surface area contributed by atoms with E-state index in [4.69, 9.17) is 9.47 Å². The van der Waals surface area contributed by atoms with Gasteiger partial charge in [-0.1, -0.05) is 18.2 Å². The van der Waals surface area contributed by atoms with Crippen molar-refractivity contribution in [1.29, 1.82) is 0 Å². The van der Waals surface area contributed by atoms with Crippen molar-refractivity contribution in [3.8, 4) is 11.5 Å². The lowest BCUT2D eigenvalue weighted by molar-refractivity contribution is -0.136. The molecule has 0 aliphatic carbocycles. The van der Waals surface area contributed by atoms with E-state index in [0.717, 1.165) is 16.9 Å². The maximum absolute atomic E-state index is 12.5. The summed E-state index contributed by atoms with van der Waals surface area (Å²) in [6.45, 7) is 8.09. The highest BCUT2D eigenvalue weighted by molar-refractivity contribution is 5.94. The molecule has 144 valence electrons. The van der Waals surface area contributed by atoms with Gasteiger partial charge in [0.15, 0.2) is 11.9 Å². The molecule has 0 spiro atoms. The van der Waals surface area contributed by atoms with Crippen LogP contribution in [0.2, 0.25) is 0 Å². The van der Waals surface area contributed by atoms with Gasteiger partial charge in [-0.3, -0.25) is 9.59 Å². The lowest BCUT2D eigenvalue weighted by Gasteiger charge is -2.22. The number of carbonyl (C=O) groups excluding carboxylic acids is 2. The van der Waals surface area contributed by atoms with Gasteiger partial charge in [-0.05, 0) is 63.1 Å². The van der Waals surface area contributed by atoms with Crippen LogP contribution < -0.4 is 9.47 Å². The van der Waals surface area contributed by atoms with E-state index in [-0.39, 0.29) is 11.7 Å². The first-order valence-corrected chi connectivity index (χ1v) is 9.00. The Morgan fingerprint density at radius 1 is 1.04 bits per heavy atom. The maximum atomic E-state index is 12.5. The summed E-state index contributed by atoms with van der Waals surface area (Å²) in [5.41, 5.74) is 2.84. The molecule has 0 aliphatic rings. The molecule has 0 radical (unpaired) electrons. The minimum Gasteiger partial charge on any atom is -0.492 e. The van der Waals surface area contributed by atoms with Crippen LogP contribution in [-0.4, -0.2) is 42.9 Å². The number of Topliss-reactive ketones (excluding diaryl/α,β-unsaturated/α-hetero) is 1. The number of aryl methyl sites for hydroxylation is 2. The molecule has 2 aromatic carbocycles. The zero-order chi connectivity index (χ0) is 20.0. The van der Waals surface area contributed by atoms with Gasteiger partial charge in [0.1, 0.15) is 18.1 Å². The van der Waals surface area contributed by atoms with Crippen LogP contribution in [0.5, 0.6) is 11.5 Å². The van der Waals surface area contributed by atoms with Gasteiger partial charge in [-0.15, -0.1) is 0 Å². The quantitative estimate of drug-likeness (QED) is 0.664. The van der Waals surface area contributed by atoms with Crippen molar-refractivity contribution in [2.24, 2.45) is 0 Å². The summed E-state index contributed by atoms with van der Waals surface area (Å²) in [5, 5.41) is 0. The fourth-order valence-electron chi connectivity index (χ4n) is 2.78. The number of rotatable bonds is 8. The molecule has 1 atom stereocenters. The minimum absolute atomic E-state index is 0.0416. The number of ketones is 1. The molecule has 0 heterocycles. The second kappa shape index (κ2) is 9.21. The summed E-state index contributed by atoms with van der Waals surface area (Å²) >= 11 is 0. The smallest absolute Gasteiger partial charge is 0.263 e. The Morgan fingerprint density at radius 2 is 1.70 bits per heavy atom. The lowest BCUT2D eigenvalue weighted by Crippen LogP contribution is -2.40. The van der Waals surface area contributed by atoms with Crippen molar-refractivity contribution in [3.05, 3.63) is 59.2 Å². The Balaban J connectivity index is 1.86. The van der Waals surface area contributed by atoms with Crippen LogP contribution in [0.4, 0.5) is 0 Å². The third-order valence-corrected chi connectivity index (χ3v) is 4.17. The molecule has 0 fully saturated rings. The van der Waals surface area contributed by atoms with Crippen molar-refractivity contribution in [1.82, 2.24) is 4.90 Å². The van der Waals surface area contributed by atoms with E-state index in [9.17, 15) is 9.59 Å². The Hall–Kier alpha value is -2.82. The number of carbonyl (C=O) groups is 2. The molecule has 5 nitrogen and oxygen atoms in total. The molecule has 2 aromatic rings. The van der Waals surface area contributed by atoms with Crippen molar-refractivity contribution in [3.63, 3.8) is 0 Å². The molecule has 0 bridgehead atoms. The largest absolute Gasteiger partial charge is 0.492 e. The van der Waals surface area contributed by atoms with Gasteiger partial charge in [0.2, 0.25) is 0 Å². The monoisotopic (exact) mass is 369 g/mol. The average Bonchev–Trinajstić information content (AvgIpc) is 2.60. The standard InChI is InChI=1S/C22H27NO4/c1-15-11-16(2)13-21(12-15)26-10-9-23(5)22(25)18(4)27-20-8-6-7-19(14-20)17(3)24/h6-8,11-14,18H,9-10H2,1-5H3. The van der Waals surface area contributed by atoms with Crippen molar-refractivity contribution in [2.45, 2.75) is 33.8 Å². The molecule has 2 rings (SSSR count). The zero-order valence-electron chi connectivity index (χ0n) is 16.6. The maximum Gasteiger partial charge on any atom is 0.263 e. The Morgan fingerprint density at radius 3 is 2.33 bits per heavy atom. The highest BCUT2D eigenvalue weighted by Gasteiger charge is 2.19. The van der Waals surface area contributed by atoms with Crippen LogP contribution in [0.3, 0.4) is 0 Å². The van der Waals surface area contributed by atoms with E-state index >= 15 is 0 Å². The second-order valence-electron chi connectivity index (χ2n) is 6.78. The predicted octanol–water partition coefficient (Wildman–Crippen LogP) is 3.81. The molecule has 0 saturated heterocycles. The molecule has 1 amide bonds. The number of hydrogen-bond acceptors (Lipinski definition) is 4. The van der Waals surface area contributed by atoms with Crippen LogP contribution in [0, 0.1) is 13.8 Å². The molecule has 0 aromatic heterocycles. The number of nitrogens with zero attached hydrogens (tertiary/aromatic N) is 1. The third-order valence-electron chi connectivity index (χ3n) is 4.17. The van der Waals surface area contributed by atoms with E-state index < -0.39 is 6.10 Å². The van der Waals surface area contributed by atoms with Gasteiger partial charge in [0.05, 0.1) is 6.54 Å². The highest BCUT2D eigenvalue weighted by atomic mass is 16.5. The first kappa shape index (κ1) is 20.5.